The fraction of sp³-hybridized carbons (Fsp3) is 0.750. The number of likely N-dealkylation sites (tertiary alicyclic amines) is 1. The van der Waals surface area contributed by atoms with E-state index in [1.54, 1.807) is 6.20 Å². The van der Waals surface area contributed by atoms with Gasteiger partial charge in [0.15, 0.2) is 0 Å². The van der Waals surface area contributed by atoms with Crippen molar-refractivity contribution in [2.45, 2.75) is 97.9 Å². The fourth-order valence-electron chi connectivity index (χ4n) is 5.31. The van der Waals surface area contributed by atoms with Crippen molar-refractivity contribution in [3.05, 3.63) is 23.0 Å². The van der Waals surface area contributed by atoms with Crippen molar-refractivity contribution in [1.29, 1.82) is 0 Å². The normalized spacial score (nSPS) is 20.4. The van der Waals surface area contributed by atoms with Crippen LogP contribution in [0.1, 0.15) is 91.9 Å². The van der Waals surface area contributed by atoms with Gasteiger partial charge in [-0.05, 0) is 32.1 Å². The molecule has 1 amide bonds. The van der Waals surface area contributed by atoms with Crippen molar-refractivity contribution in [1.82, 2.24) is 14.9 Å². The Hall–Kier alpha value is -1.86. The first-order valence-electron chi connectivity index (χ1n) is 14.3. The Bertz CT molecular complexity index is 832. The lowest BCUT2D eigenvalue weighted by Crippen LogP contribution is -2.55. The molecule has 2 unspecified atom stereocenters. The second-order valence-electron chi connectivity index (χ2n) is 10.1. The summed E-state index contributed by atoms with van der Waals surface area (Å²) in [6.45, 7) is 13.1. The standard InChI is InChI=1S/C26H44ClN6O.C2H6/c1-4-6-7-13-22(11-5-2)33(3)18-9-12-21(20-33)30-26-29-19-23(27)25(31-26)28-15-10-17-32-16-8-14-24(32)34;1-2/h12,19,22H,4-11,13-18,20H2,1-3H3,(H2,28,29,30,31);1-2H3/q+1;. The number of hydrogen-bond acceptors (Lipinski definition) is 5. The molecule has 204 valence electrons. The lowest BCUT2D eigenvalue weighted by Gasteiger charge is -2.44. The highest BCUT2D eigenvalue weighted by molar-refractivity contribution is 6.32. The van der Waals surface area contributed by atoms with Crippen LogP contribution in [-0.4, -0.2) is 71.1 Å². The molecule has 0 spiro atoms. The van der Waals surface area contributed by atoms with Crippen LogP contribution in [0.3, 0.4) is 0 Å². The molecule has 0 aromatic carbocycles. The molecule has 0 bridgehead atoms. The maximum atomic E-state index is 11.8. The van der Waals surface area contributed by atoms with Crippen LogP contribution in [0.25, 0.3) is 0 Å². The number of halogens is 1. The molecule has 2 aliphatic heterocycles. The lowest BCUT2D eigenvalue weighted by molar-refractivity contribution is -0.931. The maximum Gasteiger partial charge on any atom is 0.229 e. The van der Waals surface area contributed by atoms with Gasteiger partial charge < -0.3 is 20.0 Å². The molecule has 3 rings (SSSR count). The molecule has 3 heterocycles. The molecule has 1 aromatic rings. The summed E-state index contributed by atoms with van der Waals surface area (Å²) in [5.74, 6) is 1.49. The third-order valence-corrected chi connectivity index (χ3v) is 7.57. The first-order valence-corrected chi connectivity index (χ1v) is 14.7. The summed E-state index contributed by atoms with van der Waals surface area (Å²) in [5.41, 5.74) is 1.20. The Morgan fingerprint density at radius 3 is 2.67 bits per heavy atom. The molecule has 36 heavy (non-hydrogen) atoms. The number of aromatic nitrogens is 2. The van der Waals surface area contributed by atoms with E-state index >= 15 is 0 Å². The van der Waals surface area contributed by atoms with E-state index in [1.807, 2.05) is 18.7 Å². The van der Waals surface area contributed by atoms with E-state index in [2.05, 4.69) is 47.6 Å². The molecule has 1 aromatic heterocycles. The summed E-state index contributed by atoms with van der Waals surface area (Å²) in [7, 11) is 2.42. The van der Waals surface area contributed by atoms with E-state index in [0.717, 1.165) is 43.4 Å². The highest BCUT2D eigenvalue weighted by Gasteiger charge is 2.34. The predicted octanol–water partition coefficient (Wildman–Crippen LogP) is 6.48. The number of nitrogens with zero attached hydrogens (tertiary/aromatic N) is 4. The van der Waals surface area contributed by atoms with Crippen molar-refractivity contribution >= 4 is 29.3 Å². The number of amides is 1. The van der Waals surface area contributed by atoms with Gasteiger partial charge in [0.2, 0.25) is 11.9 Å². The van der Waals surface area contributed by atoms with Gasteiger partial charge in [-0.15, -0.1) is 0 Å². The van der Waals surface area contributed by atoms with Crippen molar-refractivity contribution in [2.75, 3.05) is 50.4 Å². The molecule has 7 nitrogen and oxygen atoms in total. The molecule has 0 saturated carbocycles. The third kappa shape index (κ3) is 9.22. The molecule has 2 aliphatic rings. The summed E-state index contributed by atoms with van der Waals surface area (Å²) < 4.78 is 1.09. The van der Waals surface area contributed by atoms with Crippen molar-refractivity contribution in [3.63, 3.8) is 0 Å². The monoisotopic (exact) mass is 521 g/mol. The van der Waals surface area contributed by atoms with Crippen LogP contribution in [0.2, 0.25) is 5.02 Å². The van der Waals surface area contributed by atoms with E-state index in [1.165, 1.54) is 50.8 Å². The fourth-order valence-corrected chi connectivity index (χ4v) is 5.47. The van der Waals surface area contributed by atoms with Gasteiger partial charge in [0.05, 0.1) is 31.5 Å². The number of carbonyl (C=O) groups is 1. The Balaban J connectivity index is 0.00000222. The number of likely N-dealkylation sites (N-methyl/N-ethyl adjacent to an activating group) is 1. The van der Waals surface area contributed by atoms with Gasteiger partial charge in [-0.3, -0.25) is 4.79 Å². The van der Waals surface area contributed by atoms with Crippen molar-refractivity contribution in [3.8, 4) is 0 Å². The average molecular weight is 522 g/mol. The Morgan fingerprint density at radius 1 is 1.17 bits per heavy atom. The molecular weight excluding hydrogens is 472 g/mol. The summed E-state index contributed by atoms with van der Waals surface area (Å²) in [5, 5.41) is 7.32. The first kappa shape index (κ1) is 30.4. The number of carbonyl (C=O) groups excluding carboxylic acids is 1. The third-order valence-electron chi connectivity index (χ3n) is 7.29. The highest BCUT2D eigenvalue weighted by atomic mass is 35.5. The zero-order chi connectivity index (χ0) is 26.4. The molecule has 2 atom stereocenters. The van der Waals surface area contributed by atoms with Crippen molar-refractivity contribution in [2.24, 2.45) is 0 Å². The minimum Gasteiger partial charge on any atom is -0.369 e. The van der Waals surface area contributed by atoms with Gasteiger partial charge in [0, 0.05) is 32.5 Å². The van der Waals surface area contributed by atoms with E-state index < -0.39 is 0 Å². The number of quaternary nitrogens is 1. The topological polar surface area (TPSA) is 70.2 Å². The largest absolute Gasteiger partial charge is 0.369 e. The van der Waals surface area contributed by atoms with Crippen molar-refractivity contribution < 1.29 is 9.28 Å². The van der Waals surface area contributed by atoms with Crippen LogP contribution >= 0.6 is 11.6 Å². The zero-order valence-corrected chi connectivity index (χ0v) is 24.2. The Morgan fingerprint density at radius 2 is 1.97 bits per heavy atom. The van der Waals surface area contributed by atoms with Crippen LogP contribution in [0.4, 0.5) is 11.8 Å². The van der Waals surface area contributed by atoms with E-state index in [4.69, 9.17) is 11.6 Å². The maximum absolute atomic E-state index is 11.8. The van der Waals surface area contributed by atoms with Crippen LogP contribution in [0.5, 0.6) is 0 Å². The summed E-state index contributed by atoms with van der Waals surface area (Å²) in [4.78, 5) is 22.8. The average Bonchev–Trinajstić information content (AvgIpc) is 3.29. The number of hydrogen-bond donors (Lipinski definition) is 2. The van der Waals surface area contributed by atoms with Gasteiger partial charge in [-0.25, -0.2) is 4.98 Å². The number of unbranched alkanes of at least 4 members (excludes halogenated alkanes) is 2. The smallest absolute Gasteiger partial charge is 0.229 e. The second kappa shape index (κ2) is 16.1. The minimum atomic E-state index is 0.268. The molecule has 1 fully saturated rings. The van der Waals surface area contributed by atoms with Gasteiger partial charge in [0.25, 0.3) is 0 Å². The van der Waals surface area contributed by atoms with Gasteiger partial charge in [0.1, 0.15) is 17.4 Å². The molecule has 0 aliphatic carbocycles. The van der Waals surface area contributed by atoms with Crippen LogP contribution in [0, 0.1) is 0 Å². The van der Waals surface area contributed by atoms with E-state index in [-0.39, 0.29) is 5.91 Å². The second-order valence-corrected chi connectivity index (χ2v) is 10.5. The van der Waals surface area contributed by atoms with E-state index in [9.17, 15) is 4.79 Å². The lowest BCUT2D eigenvalue weighted by atomic mass is 9.97. The Labute approximate surface area is 224 Å². The van der Waals surface area contributed by atoms with Crippen LogP contribution in [-0.2, 0) is 4.79 Å². The molecule has 0 radical (unpaired) electrons. The number of nitrogens with one attached hydrogen (secondary N) is 2. The van der Waals surface area contributed by atoms with Crippen LogP contribution < -0.4 is 10.6 Å². The molecular formula is C28H50ClN6O+. The molecule has 8 heteroatoms. The minimum absolute atomic E-state index is 0.268. The molecule has 2 N–H and O–H groups in total. The summed E-state index contributed by atoms with van der Waals surface area (Å²) in [6.07, 6.45) is 15.3. The highest BCUT2D eigenvalue weighted by Crippen LogP contribution is 2.28. The SMILES string of the molecule is CC.CCCCCC(CCC)[N+]1(C)CCC=C(Nc2ncc(Cl)c(NCCCN3CCCC3=O)n2)C1. The van der Waals surface area contributed by atoms with Gasteiger partial charge >= 0.3 is 0 Å². The summed E-state index contributed by atoms with van der Waals surface area (Å²) >= 11 is 6.35. The van der Waals surface area contributed by atoms with E-state index in [0.29, 0.717) is 35.8 Å². The van der Waals surface area contributed by atoms with Gasteiger partial charge in [-0.2, -0.15) is 4.98 Å². The Kier molecular flexibility index (Phi) is 13.6. The van der Waals surface area contributed by atoms with Crippen LogP contribution in [0.15, 0.2) is 18.0 Å². The summed E-state index contributed by atoms with van der Waals surface area (Å²) in [6, 6.07) is 0.702. The van der Waals surface area contributed by atoms with Gasteiger partial charge in [-0.1, -0.05) is 64.6 Å². The number of rotatable bonds is 14. The molecule has 1 saturated heterocycles. The quantitative estimate of drug-likeness (QED) is 0.217. The number of anilines is 2. The first-order chi connectivity index (χ1) is 17.4. The predicted molar refractivity (Wildman–Crippen MR) is 152 cm³/mol. The zero-order valence-electron chi connectivity index (χ0n) is 23.4.